The lowest BCUT2D eigenvalue weighted by atomic mass is 9.87. The Morgan fingerprint density at radius 3 is 2.30 bits per heavy atom. The summed E-state index contributed by atoms with van der Waals surface area (Å²) >= 11 is 0. The van der Waals surface area contributed by atoms with Gasteiger partial charge in [0.25, 0.3) is 0 Å². The van der Waals surface area contributed by atoms with Gasteiger partial charge in [-0.3, -0.25) is 4.90 Å². The summed E-state index contributed by atoms with van der Waals surface area (Å²) in [6.07, 6.45) is 0. The van der Waals surface area contributed by atoms with E-state index in [1.165, 1.54) is 5.56 Å². The summed E-state index contributed by atoms with van der Waals surface area (Å²) in [6.45, 7) is 11.8. The molecule has 2 aromatic rings. The molecule has 1 aliphatic rings. The lowest BCUT2D eigenvalue weighted by Gasteiger charge is -2.36. The van der Waals surface area contributed by atoms with E-state index in [-0.39, 0.29) is 11.4 Å². The molecule has 0 radical (unpaired) electrons. The molecule has 2 N–H and O–H groups in total. The minimum absolute atomic E-state index is 0.108. The van der Waals surface area contributed by atoms with Crippen LogP contribution in [-0.4, -0.2) is 57.3 Å². The first-order valence-corrected chi connectivity index (χ1v) is 10.6. The molecule has 0 atom stereocenters. The highest BCUT2D eigenvalue weighted by Crippen LogP contribution is 2.28. The van der Waals surface area contributed by atoms with Gasteiger partial charge in [0.15, 0.2) is 0 Å². The number of carbonyl (C=O) groups excluding carboxylic acids is 1. The molecule has 1 aliphatic heterocycles. The Balaban J connectivity index is 1.38. The fourth-order valence-electron chi connectivity index (χ4n) is 3.66. The molecule has 2 aromatic carbocycles. The monoisotopic (exact) mass is 410 g/mol. The Morgan fingerprint density at radius 2 is 1.67 bits per heavy atom. The molecule has 2 amide bonds. The lowest BCUT2D eigenvalue weighted by Crippen LogP contribution is -2.48. The number of para-hydroxylation sites is 2. The van der Waals surface area contributed by atoms with Crippen molar-refractivity contribution < 1.29 is 9.53 Å². The molecule has 1 fully saturated rings. The highest BCUT2D eigenvalue weighted by molar-refractivity contribution is 5.89. The first-order chi connectivity index (χ1) is 14.4. The SMILES string of the molecule is COc1ccccc1N1CCN(CCNC(=O)Nc2ccc(C(C)(C)C)cc2)CC1. The predicted octanol–water partition coefficient (Wildman–Crippen LogP) is 3.94. The Labute approximate surface area is 180 Å². The van der Waals surface area contributed by atoms with Gasteiger partial charge in [-0.1, -0.05) is 45.0 Å². The summed E-state index contributed by atoms with van der Waals surface area (Å²) in [6, 6.07) is 16.0. The number of hydrogen-bond donors (Lipinski definition) is 2. The first-order valence-electron chi connectivity index (χ1n) is 10.6. The second-order valence-electron chi connectivity index (χ2n) is 8.71. The molecule has 6 heteroatoms. The molecule has 0 bridgehead atoms. The molecular weight excluding hydrogens is 376 g/mol. The average Bonchev–Trinajstić information content (AvgIpc) is 2.74. The van der Waals surface area contributed by atoms with Crippen molar-refractivity contribution in [2.45, 2.75) is 26.2 Å². The zero-order valence-corrected chi connectivity index (χ0v) is 18.6. The molecule has 0 aliphatic carbocycles. The fraction of sp³-hybridized carbons (Fsp3) is 0.458. The predicted molar refractivity (Wildman–Crippen MR) is 124 cm³/mol. The quantitative estimate of drug-likeness (QED) is 0.757. The van der Waals surface area contributed by atoms with Crippen molar-refractivity contribution in [1.29, 1.82) is 0 Å². The number of urea groups is 1. The standard InChI is InChI=1S/C24H34N4O2/c1-24(2,3)19-9-11-20(12-10-19)26-23(29)25-13-14-27-15-17-28(18-16-27)21-7-5-6-8-22(21)30-4/h5-12H,13-18H2,1-4H3,(H2,25,26,29). The van der Waals surface area contributed by atoms with Crippen molar-refractivity contribution in [2.24, 2.45) is 0 Å². The molecule has 0 saturated carbocycles. The maximum Gasteiger partial charge on any atom is 0.319 e. The van der Waals surface area contributed by atoms with Crippen LogP contribution in [-0.2, 0) is 5.41 Å². The lowest BCUT2D eigenvalue weighted by molar-refractivity contribution is 0.240. The zero-order chi connectivity index (χ0) is 21.6. The van der Waals surface area contributed by atoms with E-state index < -0.39 is 0 Å². The van der Waals surface area contributed by atoms with Crippen molar-refractivity contribution in [3.8, 4) is 5.75 Å². The van der Waals surface area contributed by atoms with Crippen LogP contribution in [0.15, 0.2) is 48.5 Å². The topological polar surface area (TPSA) is 56.8 Å². The second-order valence-corrected chi connectivity index (χ2v) is 8.71. The van der Waals surface area contributed by atoms with Crippen LogP contribution in [0.5, 0.6) is 5.75 Å². The molecule has 0 spiro atoms. The largest absolute Gasteiger partial charge is 0.495 e. The van der Waals surface area contributed by atoms with Crippen LogP contribution in [0.25, 0.3) is 0 Å². The van der Waals surface area contributed by atoms with E-state index in [0.717, 1.165) is 49.8 Å². The highest BCUT2D eigenvalue weighted by Gasteiger charge is 2.19. The number of rotatable bonds is 6. The van der Waals surface area contributed by atoms with Crippen LogP contribution in [0.4, 0.5) is 16.2 Å². The number of anilines is 2. The van der Waals surface area contributed by atoms with Crippen LogP contribution >= 0.6 is 0 Å². The molecule has 6 nitrogen and oxygen atoms in total. The number of benzene rings is 2. The smallest absolute Gasteiger partial charge is 0.319 e. The van der Waals surface area contributed by atoms with E-state index in [9.17, 15) is 4.79 Å². The molecule has 1 heterocycles. The normalized spacial score (nSPS) is 15.0. The van der Waals surface area contributed by atoms with Gasteiger partial charge in [0.1, 0.15) is 5.75 Å². The number of nitrogens with one attached hydrogen (secondary N) is 2. The molecule has 30 heavy (non-hydrogen) atoms. The van der Waals surface area contributed by atoms with Crippen molar-refractivity contribution in [1.82, 2.24) is 10.2 Å². The van der Waals surface area contributed by atoms with Crippen molar-refractivity contribution in [3.05, 3.63) is 54.1 Å². The number of carbonyl (C=O) groups is 1. The Bertz CT molecular complexity index is 822. The van der Waals surface area contributed by atoms with Crippen molar-refractivity contribution in [3.63, 3.8) is 0 Å². The Morgan fingerprint density at radius 1 is 1.00 bits per heavy atom. The van der Waals surface area contributed by atoms with Gasteiger partial charge >= 0.3 is 6.03 Å². The highest BCUT2D eigenvalue weighted by atomic mass is 16.5. The third kappa shape index (κ3) is 5.89. The van der Waals surface area contributed by atoms with Gasteiger partial charge in [-0.05, 0) is 35.2 Å². The van der Waals surface area contributed by atoms with Crippen molar-refractivity contribution >= 4 is 17.4 Å². The van der Waals surface area contributed by atoms with Gasteiger partial charge in [-0.15, -0.1) is 0 Å². The molecule has 0 aromatic heterocycles. The van der Waals surface area contributed by atoms with E-state index in [2.05, 4.69) is 59.4 Å². The Kier molecular flexibility index (Phi) is 7.21. The van der Waals surface area contributed by atoms with E-state index in [1.54, 1.807) is 7.11 Å². The van der Waals surface area contributed by atoms with E-state index in [4.69, 9.17) is 4.74 Å². The number of ether oxygens (including phenoxy) is 1. The number of nitrogens with zero attached hydrogens (tertiary/aromatic N) is 2. The number of piperazine rings is 1. The van der Waals surface area contributed by atoms with E-state index in [1.807, 2.05) is 30.3 Å². The van der Waals surface area contributed by atoms with E-state index in [0.29, 0.717) is 6.54 Å². The minimum Gasteiger partial charge on any atom is -0.495 e. The molecule has 0 unspecified atom stereocenters. The van der Waals surface area contributed by atoms with Crippen LogP contribution in [0.3, 0.4) is 0 Å². The van der Waals surface area contributed by atoms with Crippen LogP contribution < -0.4 is 20.3 Å². The third-order valence-electron chi connectivity index (χ3n) is 5.52. The van der Waals surface area contributed by atoms with Gasteiger partial charge in [-0.2, -0.15) is 0 Å². The summed E-state index contributed by atoms with van der Waals surface area (Å²) < 4.78 is 5.48. The third-order valence-corrected chi connectivity index (χ3v) is 5.52. The van der Waals surface area contributed by atoms with Gasteiger partial charge in [-0.25, -0.2) is 4.79 Å². The maximum absolute atomic E-state index is 12.2. The number of amides is 2. The summed E-state index contributed by atoms with van der Waals surface area (Å²) in [7, 11) is 1.71. The molecule has 3 rings (SSSR count). The second kappa shape index (κ2) is 9.85. The fourth-order valence-corrected chi connectivity index (χ4v) is 3.66. The van der Waals surface area contributed by atoms with Crippen LogP contribution in [0.2, 0.25) is 0 Å². The first kappa shape index (κ1) is 22.0. The summed E-state index contributed by atoms with van der Waals surface area (Å²) in [4.78, 5) is 16.9. The number of hydrogen-bond acceptors (Lipinski definition) is 4. The van der Waals surface area contributed by atoms with Gasteiger partial charge in [0.05, 0.1) is 12.8 Å². The van der Waals surface area contributed by atoms with Gasteiger partial charge < -0.3 is 20.3 Å². The van der Waals surface area contributed by atoms with Gasteiger partial charge in [0, 0.05) is 45.0 Å². The number of methoxy groups -OCH3 is 1. The molecule has 1 saturated heterocycles. The van der Waals surface area contributed by atoms with Crippen LogP contribution in [0.1, 0.15) is 26.3 Å². The summed E-state index contributed by atoms with van der Waals surface area (Å²) in [5, 5.41) is 5.87. The summed E-state index contributed by atoms with van der Waals surface area (Å²) in [5.74, 6) is 0.917. The zero-order valence-electron chi connectivity index (χ0n) is 18.6. The van der Waals surface area contributed by atoms with E-state index >= 15 is 0 Å². The maximum atomic E-state index is 12.2. The molecular formula is C24H34N4O2. The van der Waals surface area contributed by atoms with Crippen LogP contribution in [0, 0.1) is 0 Å². The summed E-state index contributed by atoms with van der Waals surface area (Å²) in [5.41, 5.74) is 3.32. The average molecular weight is 411 g/mol. The molecule has 162 valence electrons. The minimum atomic E-state index is -0.161. The van der Waals surface area contributed by atoms with Gasteiger partial charge in [0.2, 0.25) is 0 Å². The Hall–Kier alpha value is -2.73. The van der Waals surface area contributed by atoms with Crippen molar-refractivity contribution in [2.75, 3.05) is 56.6 Å².